The third kappa shape index (κ3) is 27.3. The van der Waals surface area contributed by atoms with E-state index in [0.717, 1.165) is 18.8 Å². The summed E-state index contributed by atoms with van der Waals surface area (Å²) >= 11 is 0. The maximum absolute atomic E-state index is 11.4. The van der Waals surface area contributed by atoms with Crippen molar-refractivity contribution in [3.8, 4) is 0 Å². The number of carbonyl (C=O) groups excluding carboxylic acids is 1. The summed E-state index contributed by atoms with van der Waals surface area (Å²) in [6.07, 6.45) is 33.3. The Kier molecular flexibility index (Phi) is 27.7. The second-order valence-electron chi connectivity index (χ2n) is 13.7. The van der Waals surface area contributed by atoms with Gasteiger partial charge in [-0.2, -0.15) is 0 Å². The largest absolute Gasteiger partial charge is 0.462 e. The predicted molar refractivity (Wildman–Crippen MR) is 178 cm³/mol. The van der Waals surface area contributed by atoms with Gasteiger partial charge in [-0.3, -0.25) is 0 Å². The first-order valence-corrected chi connectivity index (χ1v) is 18.0. The number of nitrogens with zero attached hydrogens (tertiary/aromatic N) is 1. The third-order valence-electron chi connectivity index (χ3n) is 8.53. The Balaban J connectivity index is 3.68. The first kappa shape index (κ1) is 39.2. The molecule has 0 rings (SSSR count). The molecule has 238 valence electrons. The summed E-state index contributed by atoms with van der Waals surface area (Å²) in [6, 6.07) is 0. The van der Waals surface area contributed by atoms with Crippen molar-refractivity contribution in [3.05, 3.63) is 12.2 Å². The van der Waals surface area contributed by atoms with Gasteiger partial charge in [-0.25, -0.2) is 4.79 Å². The molecule has 40 heavy (non-hydrogen) atoms. The number of hydrogen-bond acceptors (Lipinski definition) is 2. The van der Waals surface area contributed by atoms with E-state index in [9.17, 15) is 4.79 Å². The number of unbranched alkanes of at least 4 members (excludes halogenated alkanes) is 22. The van der Waals surface area contributed by atoms with Crippen molar-refractivity contribution in [2.24, 2.45) is 5.92 Å². The highest BCUT2D eigenvalue weighted by Crippen LogP contribution is 2.17. The summed E-state index contributed by atoms with van der Waals surface area (Å²) in [4.78, 5) is 11.4. The second-order valence-corrected chi connectivity index (χ2v) is 13.7. The average molecular weight is 565 g/mol. The van der Waals surface area contributed by atoms with E-state index >= 15 is 0 Å². The van der Waals surface area contributed by atoms with Crippen LogP contribution in [0.4, 0.5) is 0 Å². The standard InChI is InChI=1S/C37H74NO2/c1-7-8-9-10-11-12-13-14-15-16-17-18-19-22-25-28-31-38(6,34-35(2)3)32-29-26-23-20-21-24-27-30-33-40-37(39)36(4)5/h35H,4,7-34H2,1-3,5-6H3/q+1. The minimum atomic E-state index is -0.252. The van der Waals surface area contributed by atoms with Gasteiger partial charge in [0.25, 0.3) is 0 Å². The first-order valence-electron chi connectivity index (χ1n) is 18.0. The topological polar surface area (TPSA) is 26.3 Å². The molecule has 3 heteroatoms. The molecule has 0 bridgehead atoms. The van der Waals surface area contributed by atoms with Gasteiger partial charge in [-0.15, -0.1) is 0 Å². The van der Waals surface area contributed by atoms with Crippen LogP contribution in [0.15, 0.2) is 12.2 Å². The van der Waals surface area contributed by atoms with Gasteiger partial charge in [0, 0.05) is 11.5 Å². The molecule has 1 atom stereocenters. The van der Waals surface area contributed by atoms with Gasteiger partial charge in [0.1, 0.15) is 0 Å². The molecule has 0 spiro atoms. The molecule has 3 nitrogen and oxygen atoms in total. The first-order chi connectivity index (χ1) is 19.3. The molecule has 0 fully saturated rings. The molecular formula is C37H74NO2+. The van der Waals surface area contributed by atoms with Crippen molar-refractivity contribution < 1.29 is 14.0 Å². The van der Waals surface area contributed by atoms with Crippen molar-refractivity contribution in [3.63, 3.8) is 0 Å². The molecule has 0 aliphatic carbocycles. The van der Waals surface area contributed by atoms with Crippen LogP contribution in [0, 0.1) is 5.92 Å². The Morgan fingerprint density at radius 1 is 0.600 bits per heavy atom. The van der Waals surface area contributed by atoms with Gasteiger partial charge in [0.2, 0.25) is 0 Å². The Labute approximate surface area is 252 Å². The maximum Gasteiger partial charge on any atom is 0.333 e. The van der Waals surface area contributed by atoms with E-state index in [2.05, 4.69) is 34.4 Å². The highest BCUT2D eigenvalue weighted by atomic mass is 16.5. The van der Waals surface area contributed by atoms with E-state index in [-0.39, 0.29) is 5.97 Å². The number of ether oxygens (including phenoxy) is 1. The van der Waals surface area contributed by atoms with E-state index in [4.69, 9.17) is 4.74 Å². The van der Waals surface area contributed by atoms with Gasteiger partial charge >= 0.3 is 5.97 Å². The van der Waals surface area contributed by atoms with Crippen molar-refractivity contribution in [1.29, 1.82) is 0 Å². The van der Waals surface area contributed by atoms with E-state index in [1.165, 1.54) is 165 Å². The molecule has 0 saturated carbocycles. The Morgan fingerprint density at radius 2 is 0.925 bits per heavy atom. The fourth-order valence-electron chi connectivity index (χ4n) is 6.16. The summed E-state index contributed by atoms with van der Waals surface area (Å²) in [6.45, 7) is 17.0. The minimum absolute atomic E-state index is 0.252. The zero-order valence-corrected chi connectivity index (χ0v) is 28.3. The van der Waals surface area contributed by atoms with Crippen LogP contribution in [0.25, 0.3) is 0 Å². The number of esters is 1. The van der Waals surface area contributed by atoms with Crippen LogP contribution in [0.1, 0.15) is 182 Å². The zero-order chi connectivity index (χ0) is 29.7. The van der Waals surface area contributed by atoms with Crippen molar-refractivity contribution in [2.45, 2.75) is 182 Å². The van der Waals surface area contributed by atoms with Crippen LogP contribution in [-0.4, -0.2) is 43.7 Å². The third-order valence-corrected chi connectivity index (χ3v) is 8.53. The lowest BCUT2D eigenvalue weighted by molar-refractivity contribution is -0.912. The quantitative estimate of drug-likeness (QED) is 0.0362. The zero-order valence-electron chi connectivity index (χ0n) is 28.3. The fourth-order valence-corrected chi connectivity index (χ4v) is 6.16. The summed E-state index contributed by atoms with van der Waals surface area (Å²) < 4.78 is 6.44. The highest BCUT2D eigenvalue weighted by molar-refractivity contribution is 5.86. The van der Waals surface area contributed by atoms with Gasteiger partial charge < -0.3 is 9.22 Å². The van der Waals surface area contributed by atoms with Crippen LogP contribution >= 0.6 is 0 Å². The molecule has 0 heterocycles. The Morgan fingerprint density at radius 3 is 1.25 bits per heavy atom. The SMILES string of the molecule is C=C(C)C(=O)OCCCCCCCCCC[N+](C)(CCCCCCCCCCCCCCCCCC)CC(C)C. The van der Waals surface area contributed by atoms with Gasteiger partial charge in [0.15, 0.2) is 0 Å². The Hall–Kier alpha value is -0.830. The number of rotatable bonds is 31. The lowest BCUT2D eigenvalue weighted by Crippen LogP contribution is -2.48. The fraction of sp³-hybridized carbons (Fsp3) is 0.919. The van der Waals surface area contributed by atoms with Crippen molar-refractivity contribution in [1.82, 2.24) is 0 Å². The number of carbonyl (C=O) groups is 1. The maximum atomic E-state index is 11.4. The number of hydrogen-bond donors (Lipinski definition) is 0. The second kappa shape index (κ2) is 28.3. The summed E-state index contributed by atoms with van der Waals surface area (Å²) in [7, 11) is 2.52. The molecule has 1 unspecified atom stereocenters. The summed E-state index contributed by atoms with van der Waals surface area (Å²) in [5, 5.41) is 0. The lowest BCUT2D eigenvalue weighted by Gasteiger charge is -2.36. The van der Waals surface area contributed by atoms with E-state index in [1.54, 1.807) is 6.92 Å². The minimum Gasteiger partial charge on any atom is -0.462 e. The molecule has 0 saturated heterocycles. The smallest absolute Gasteiger partial charge is 0.333 e. The van der Waals surface area contributed by atoms with Gasteiger partial charge in [-0.1, -0.05) is 149 Å². The molecule has 0 N–H and O–H groups in total. The molecule has 0 aromatic rings. The summed E-state index contributed by atoms with van der Waals surface area (Å²) in [5.41, 5.74) is 0.494. The molecule has 0 aliphatic rings. The van der Waals surface area contributed by atoms with Crippen LogP contribution in [0.2, 0.25) is 0 Å². The van der Waals surface area contributed by atoms with Crippen LogP contribution < -0.4 is 0 Å². The average Bonchev–Trinajstić information content (AvgIpc) is 2.90. The van der Waals surface area contributed by atoms with Crippen LogP contribution in [0.3, 0.4) is 0 Å². The summed E-state index contributed by atoms with van der Waals surface area (Å²) in [5.74, 6) is 0.526. The molecule has 0 aromatic heterocycles. The molecule has 0 aliphatic heterocycles. The van der Waals surface area contributed by atoms with Gasteiger partial charge in [0.05, 0.1) is 33.3 Å². The molecule has 0 radical (unpaired) electrons. The van der Waals surface area contributed by atoms with Crippen molar-refractivity contribution >= 4 is 5.97 Å². The van der Waals surface area contributed by atoms with E-state index in [0.29, 0.717) is 12.2 Å². The number of quaternary nitrogens is 1. The Bertz CT molecular complexity index is 573. The van der Waals surface area contributed by atoms with Crippen molar-refractivity contribution in [2.75, 3.05) is 33.3 Å². The molecule has 0 amide bonds. The van der Waals surface area contributed by atoms with E-state index in [1.807, 2.05) is 0 Å². The lowest BCUT2D eigenvalue weighted by atomic mass is 10.0. The molecule has 0 aromatic carbocycles. The monoisotopic (exact) mass is 565 g/mol. The normalized spacial score (nSPS) is 13.1. The van der Waals surface area contributed by atoms with Crippen LogP contribution in [0.5, 0.6) is 0 Å². The predicted octanol–water partition coefficient (Wildman–Crippen LogP) is 11.6. The highest BCUT2D eigenvalue weighted by Gasteiger charge is 2.22. The van der Waals surface area contributed by atoms with E-state index < -0.39 is 0 Å². The van der Waals surface area contributed by atoms with Crippen LogP contribution in [-0.2, 0) is 9.53 Å². The molecular weight excluding hydrogens is 490 g/mol. The van der Waals surface area contributed by atoms with Gasteiger partial charge in [-0.05, 0) is 39.0 Å².